The minimum absolute atomic E-state index is 0.194. The van der Waals surface area contributed by atoms with Gasteiger partial charge in [-0.15, -0.1) is 15.3 Å². The molecule has 0 unspecified atom stereocenters. The monoisotopic (exact) mass is 394 g/mol. The highest BCUT2D eigenvalue weighted by Crippen LogP contribution is 2.24. The predicted octanol–water partition coefficient (Wildman–Crippen LogP) is 3.79. The zero-order valence-corrected chi connectivity index (χ0v) is 16.7. The summed E-state index contributed by atoms with van der Waals surface area (Å²) in [6.45, 7) is 6.15. The summed E-state index contributed by atoms with van der Waals surface area (Å²) in [6, 6.07) is 11.6. The Morgan fingerprint density at radius 3 is 2.43 bits per heavy atom. The number of nitrogens with one attached hydrogen (secondary N) is 1. The fraction of sp³-hybridized carbons (Fsp3) is 0.350. The van der Waals surface area contributed by atoms with Crippen LogP contribution in [0.15, 0.2) is 36.4 Å². The highest BCUT2D eigenvalue weighted by molar-refractivity contribution is 7.08. The second-order valence-corrected chi connectivity index (χ2v) is 7.92. The highest BCUT2D eigenvalue weighted by atomic mass is 32.1. The summed E-state index contributed by atoms with van der Waals surface area (Å²) < 4.78 is 3.79. The Morgan fingerprint density at radius 1 is 1.07 bits per heavy atom. The third-order valence-electron chi connectivity index (χ3n) is 5.05. The maximum atomic E-state index is 12.3. The fourth-order valence-corrected chi connectivity index (χ4v) is 3.79. The number of rotatable bonds is 4. The first-order chi connectivity index (χ1) is 13.6. The second kappa shape index (κ2) is 8.02. The Kier molecular flexibility index (Phi) is 5.29. The van der Waals surface area contributed by atoms with Crippen molar-refractivity contribution in [2.24, 2.45) is 5.92 Å². The molecular weight excluding hydrogens is 372 g/mol. The molecule has 0 saturated carbocycles. The van der Waals surface area contributed by atoms with Gasteiger partial charge in [-0.25, -0.2) is 0 Å². The van der Waals surface area contributed by atoms with Crippen LogP contribution in [0.25, 0.3) is 11.3 Å². The fourth-order valence-electron chi connectivity index (χ4n) is 3.24. The molecule has 144 valence electrons. The zero-order chi connectivity index (χ0) is 19.5. The molecule has 1 fully saturated rings. The average Bonchev–Trinajstić information content (AvgIpc) is 3.15. The molecule has 3 aromatic rings. The summed E-state index contributed by atoms with van der Waals surface area (Å²) in [5.74, 6) is 1.53. The molecule has 0 aliphatic carbocycles. The van der Waals surface area contributed by atoms with Gasteiger partial charge in [-0.2, -0.15) is 0 Å². The van der Waals surface area contributed by atoms with Gasteiger partial charge in [-0.05, 0) is 61.5 Å². The molecule has 7 nitrogen and oxygen atoms in total. The van der Waals surface area contributed by atoms with Crippen molar-refractivity contribution in [3.8, 4) is 11.3 Å². The quantitative estimate of drug-likeness (QED) is 0.725. The normalized spacial score (nSPS) is 14.9. The third-order valence-corrected chi connectivity index (χ3v) is 5.88. The van der Waals surface area contributed by atoms with Gasteiger partial charge >= 0.3 is 0 Å². The van der Waals surface area contributed by atoms with E-state index >= 15 is 0 Å². The first-order valence-electron chi connectivity index (χ1n) is 9.39. The Morgan fingerprint density at radius 2 is 1.82 bits per heavy atom. The lowest BCUT2D eigenvalue weighted by Crippen LogP contribution is -2.33. The average molecular weight is 395 g/mol. The molecular formula is C20H22N6OS. The van der Waals surface area contributed by atoms with Crippen LogP contribution in [-0.2, 0) is 0 Å². The number of amides is 1. The van der Waals surface area contributed by atoms with Gasteiger partial charge in [0.1, 0.15) is 4.88 Å². The van der Waals surface area contributed by atoms with E-state index in [0.29, 0.717) is 16.3 Å². The number of carbonyl (C=O) groups excluding carboxylic acids is 1. The maximum Gasteiger partial charge on any atom is 0.269 e. The Balaban J connectivity index is 1.42. The Bertz CT molecular complexity index is 946. The van der Waals surface area contributed by atoms with E-state index in [-0.39, 0.29) is 5.91 Å². The van der Waals surface area contributed by atoms with Crippen LogP contribution in [0.4, 0.5) is 11.5 Å². The maximum absolute atomic E-state index is 12.3. The number of aryl methyl sites for hydroxylation is 1. The van der Waals surface area contributed by atoms with Gasteiger partial charge in [0.25, 0.3) is 5.91 Å². The van der Waals surface area contributed by atoms with E-state index in [2.05, 4.69) is 36.9 Å². The van der Waals surface area contributed by atoms with E-state index in [0.717, 1.165) is 47.6 Å². The smallest absolute Gasteiger partial charge is 0.269 e. The number of anilines is 2. The molecule has 8 heteroatoms. The summed E-state index contributed by atoms with van der Waals surface area (Å²) in [4.78, 5) is 15.1. The Hall–Kier alpha value is -2.87. The van der Waals surface area contributed by atoms with Crippen LogP contribution < -0.4 is 10.2 Å². The van der Waals surface area contributed by atoms with E-state index in [4.69, 9.17) is 0 Å². The molecule has 2 aromatic heterocycles. The van der Waals surface area contributed by atoms with Crippen molar-refractivity contribution >= 4 is 28.9 Å². The van der Waals surface area contributed by atoms with Crippen molar-refractivity contribution < 1.29 is 4.79 Å². The van der Waals surface area contributed by atoms with Crippen molar-refractivity contribution in [2.45, 2.75) is 26.7 Å². The highest BCUT2D eigenvalue weighted by Gasteiger charge is 2.17. The number of hydrogen-bond donors (Lipinski definition) is 1. The van der Waals surface area contributed by atoms with Gasteiger partial charge in [0.2, 0.25) is 0 Å². The molecule has 1 aromatic carbocycles. The summed E-state index contributed by atoms with van der Waals surface area (Å²) in [5, 5.41) is 15.5. The SMILES string of the molecule is Cc1nnsc1C(=O)Nc1ccc(-c2ccc(N3CCC(C)CC3)nn2)cc1. The molecule has 1 saturated heterocycles. The van der Waals surface area contributed by atoms with Crippen LogP contribution in [0.2, 0.25) is 0 Å². The van der Waals surface area contributed by atoms with Crippen LogP contribution in [-0.4, -0.2) is 38.8 Å². The van der Waals surface area contributed by atoms with Crippen molar-refractivity contribution in [1.29, 1.82) is 0 Å². The van der Waals surface area contributed by atoms with E-state index < -0.39 is 0 Å². The minimum atomic E-state index is -0.194. The molecule has 1 aliphatic heterocycles. The second-order valence-electron chi connectivity index (χ2n) is 7.17. The molecule has 3 heterocycles. The molecule has 1 amide bonds. The van der Waals surface area contributed by atoms with Gasteiger partial charge in [0, 0.05) is 24.3 Å². The van der Waals surface area contributed by atoms with Gasteiger partial charge < -0.3 is 10.2 Å². The van der Waals surface area contributed by atoms with E-state index in [1.54, 1.807) is 6.92 Å². The van der Waals surface area contributed by atoms with Gasteiger partial charge in [0.15, 0.2) is 5.82 Å². The summed E-state index contributed by atoms with van der Waals surface area (Å²) in [7, 11) is 0. The topological polar surface area (TPSA) is 83.9 Å². The lowest BCUT2D eigenvalue weighted by atomic mass is 9.99. The van der Waals surface area contributed by atoms with Crippen molar-refractivity contribution in [2.75, 3.05) is 23.3 Å². The molecule has 4 rings (SSSR count). The minimum Gasteiger partial charge on any atom is -0.355 e. The lowest BCUT2D eigenvalue weighted by Gasteiger charge is -2.30. The third kappa shape index (κ3) is 4.01. The standard InChI is InChI=1S/C20H22N6OS/c1-13-9-11-26(12-10-13)18-8-7-17(23-24-18)15-3-5-16(6-4-15)21-20(27)19-14(2)22-25-28-19/h3-8,13H,9-12H2,1-2H3,(H,21,27). The van der Waals surface area contributed by atoms with Crippen LogP contribution in [0.3, 0.4) is 0 Å². The summed E-state index contributed by atoms with van der Waals surface area (Å²) in [5.41, 5.74) is 3.13. The molecule has 0 radical (unpaired) electrons. The lowest BCUT2D eigenvalue weighted by molar-refractivity contribution is 0.103. The number of piperidine rings is 1. The van der Waals surface area contributed by atoms with E-state index in [1.807, 2.05) is 36.4 Å². The molecule has 1 aliphatic rings. The first kappa shape index (κ1) is 18.5. The summed E-state index contributed by atoms with van der Waals surface area (Å²) in [6.07, 6.45) is 2.40. The van der Waals surface area contributed by atoms with Gasteiger partial charge in [-0.3, -0.25) is 4.79 Å². The largest absolute Gasteiger partial charge is 0.355 e. The van der Waals surface area contributed by atoms with Crippen LogP contribution in [0, 0.1) is 12.8 Å². The summed E-state index contributed by atoms with van der Waals surface area (Å²) >= 11 is 1.09. The molecule has 28 heavy (non-hydrogen) atoms. The number of hydrogen-bond acceptors (Lipinski definition) is 7. The molecule has 1 N–H and O–H groups in total. The van der Waals surface area contributed by atoms with Crippen LogP contribution in [0.5, 0.6) is 0 Å². The predicted molar refractivity (Wildman–Crippen MR) is 111 cm³/mol. The van der Waals surface area contributed by atoms with Gasteiger partial charge in [-0.1, -0.05) is 23.5 Å². The molecule has 0 spiro atoms. The number of nitrogens with zero attached hydrogens (tertiary/aromatic N) is 5. The van der Waals surface area contributed by atoms with Crippen molar-refractivity contribution in [1.82, 2.24) is 19.8 Å². The Labute approximate surface area is 168 Å². The van der Waals surface area contributed by atoms with E-state index in [9.17, 15) is 4.79 Å². The van der Waals surface area contributed by atoms with E-state index in [1.165, 1.54) is 12.8 Å². The molecule has 0 bridgehead atoms. The molecule has 0 atom stereocenters. The van der Waals surface area contributed by atoms with Gasteiger partial charge in [0.05, 0.1) is 11.4 Å². The zero-order valence-electron chi connectivity index (χ0n) is 15.9. The van der Waals surface area contributed by atoms with Crippen LogP contribution >= 0.6 is 11.5 Å². The number of benzene rings is 1. The van der Waals surface area contributed by atoms with Crippen molar-refractivity contribution in [3.05, 3.63) is 47.0 Å². The number of carbonyl (C=O) groups is 1. The van der Waals surface area contributed by atoms with Crippen LogP contribution in [0.1, 0.15) is 35.1 Å². The number of aromatic nitrogens is 4. The first-order valence-corrected chi connectivity index (χ1v) is 10.2. The van der Waals surface area contributed by atoms with Crippen molar-refractivity contribution in [3.63, 3.8) is 0 Å².